The van der Waals surface area contributed by atoms with Gasteiger partial charge in [-0.05, 0) is 6.07 Å². The maximum atomic E-state index is 13.3. The van der Waals surface area contributed by atoms with Crippen molar-refractivity contribution >= 4 is 17.3 Å². The number of halogens is 2. The summed E-state index contributed by atoms with van der Waals surface area (Å²) in [6.45, 7) is 0. The number of hydrogen-bond acceptors (Lipinski definition) is 5. The molecule has 2 N–H and O–H groups in total. The van der Waals surface area contributed by atoms with E-state index in [1.165, 1.54) is 0 Å². The van der Waals surface area contributed by atoms with Crippen LogP contribution in [-0.4, -0.2) is 21.2 Å². The maximum absolute atomic E-state index is 13.3. The van der Waals surface area contributed by atoms with Crippen molar-refractivity contribution in [1.82, 2.24) is 0 Å². The van der Waals surface area contributed by atoms with Gasteiger partial charge in [0.25, 0.3) is 0 Å². The van der Waals surface area contributed by atoms with Crippen LogP contribution in [0.25, 0.3) is 0 Å². The van der Waals surface area contributed by atoms with Crippen LogP contribution in [0.2, 0.25) is 5.02 Å². The average Bonchev–Trinajstić information content (AvgIpc) is 2.30. The van der Waals surface area contributed by atoms with Crippen molar-refractivity contribution in [2.24, 2.45) is 0 Å². The SMILES string of the molecule is N#CCC(O)C(O)c1cc(F)c([N+](=O)[O-])cc1Cl. The lowest BCUT2D eigenvalue weighted by Gasteiger charge is -2.16. The molecular weight excluding hydrogens is 267 g/mol. The van der Waals surface area contributed by atoms with Crippen LogP contribution in [0.3, 0.4) is 0 Å². The first-order valence-electron chi connectivity index (χ1n) is 4.75. The zero-order chi connectivity index (χ0) is 13.9. The van der Waals surface area contributed by atoms with E-state index in [9.17, 15) is 24.7 Å². The molecule has 18 heavy (non-hydrogen) atoms. The number of hydrogen-bond donors (Lipinski definition) is 2. The zero-order valence-electron chi connectivity index (χ0n) is 8.88. The van der Waals surface area contributed by atoms with E-state index in [0.29, 0.717) is 6.07 Å². The third-order valence-electron chi connectivity index (χ3n) is 2.25. The smallest absolute Gasteiger partial charge is 0.306 e. The second kappa shape index (κ2) is 5.73. The van der Waals surface area contributed by atoms with Crippen molar-refractivity contribution in [3.05, 3.63) is 38.7 Å². The van der Waals surface area contributed by atoms with Gasteiger partial charge in [0.2, 0.25) is 5.82 Å². The van der Waals surface area contributed by atoms with Gasteiger partial charge in [-0.25, -0.2) is 0 Å². The van der Waals surface area contributed by atoms with E-state index in [0.717, 1.165) is 6.07 Å². The average molecular weight is 275 g/mol. The summed E-state index contributed by atoms with van der Waals surface area (Å²) in [4.78, 5) is 9.49. The fourth-order valence-corrected chi connectivity index (χ4v) is 1.60. The molecule has 0 aromatic heterocycles. The predicted molar refractivity (Wildman–Crippen MR) is 59.3 cm³/mol. The largest absolute Gasteiger partial charge is 0.389 e. The number of aliphatic hydroxyl groups is 2. The molecule has 96 valence electrons. The van der Waals surface area contributed by atoms with Gasteiger partial charge in [0.05, 0.1) is 28.5 Å². The number of nitro groups is 1. The summed E-state index contributed by atoms with van der Waals surface area (Å²) in [5.74, 6) is -1.18. The fraction of sp³-hybridized carbons (Fsp3) is 0.300. The Labute approximate surface area is 106 Å². The predicted octanol–water partition coefficient (Wildman–Crippen LogP) is 1.70. The first-order valence-corrected chi connectivity index (χ1v) is 5.12. The highest BCUT2D eigenvalue weighted by Gasteiger charge is 2.25. The molecule has 0 amide bonds. The van der Waals surface area contributed by atoms with E-state index in [-0.39, 0.29) is 17.0 Å². The van der Waals surface area contributed by atoms with Crippen LogP contribution in [0.15, 0.2) is 12.1 Å². The summed E-state index contributed by atoms with van der Waals surface area (Å²) in [7, 11) is 0. The van der Waals surface area contributed by atoms with E-state index < -0.39 is 28.6 Å². The van der Waals surface area contributed by atoms with Crippen molar-refractivity contribution < 1.29 is 19.5 Å². The molecule has 1 rings (SSSR count). The first kappa shape index (κ1) is 14.3. The molecule has 1 aromatic rings. The van der Waals surface area contributed by atoms with Gasteiger partial charge in [-0.3, -0.25) is 10.1 Å². The first-order chi connectivity index (χ1) is 8.38. The maximum Gasteiger partial charge on any atom is 0.306 e. The Morgan fingerprint density at radius 1 is 1.56 bits per heavy atom. The molecule has 0 saturated carbocycles. The normalized spacial score (nSPS) is 13.7. The fourth-order valence-electron chi connectivity index (χ4n) is 1.33. The molecule has 0 heterocycles. The minimum absolute atomic E-state index is 0.206. The Kier molecular flexibility index (Phi) is 4.55. The quantitative estimate of drug-likeness (QED) is 0.642. The van der Waals surface area contributed by atoms with Gasteiger partial charge in [-0.15, -0.1) is 0 Å². The highest BCUT2D eigenvalue weighted by atomic mass is 35.5. The van der Waals surface area contributed by atoms with E-state index in [1.807, 2.05) is 0 Å². The van der Waals surface area contributed by atoms with Gasteiger partial charge in [0, 0.05) is 11.6 Å². The van der Waals surface area contributed by atoms with Crippen molar-refractivity contribution in [3.8, 4) is 6.07 Å². The van der Waals surface area contributed by atoms with E-state index in [2.05, 4.69) is 0 Å². The summed E-state index contributed by atoms with van der Waals surface area (Å²) < 4.78 is 13.3. The number of rotatable bonds is 4. The van der Waals surface area contributed by atoms with E-state index >= 15 is 0 Å². The monoisotopic (exact) mass is 274 g/mol. The van der Waals surface area contributed by atoms with Crippen molar-refractivity contribution in [1.29, 1.82) is 5.26 Å². The molecule has 6 nitrogen and oxygen atoms in total. The molecule has 2 unspecified atom stereocenters. The van der Waals surface area contributed by atoms with Gasteiger partial charge in [-0.1, -0.05) is 11.6 Å². The van der Waals surface area contributed by atoms with Gasteiger partial charge >= 0.3 is 5.69 Å². The summed E-state index contributed by atoms with van der Waals surface area (Å²) in [5.41, 5.74) is -1.03. The second-order valence-corrected chi connectivity index (χ2v) is 3.86. The van der Waals surface area contributed by atoms with Gasteiger partial charge in [0.1, 0.15) is 6.10 Å². The molecule has 0 spiro atoms. The Bertz CT molecular complexity index is 517. The van der Waals surface area contributed by atoms with Crippen LogP contribution < -0.4 is 0 Å². The van der Waals surface area contributed by atoms with Gasteiger partial charge in [-0.2, -0.15) is 9.65 Å². The summed E-state index contributed by atoms with van der Waals surface area (Å²) >= 11 is 5.66. The summed E-state index contributed by atoms with van der Waals surface area (Å²) in [5, 5.41) is 37.6. The Balaban J connectivity index is 3.16. The Hall–Kier alpha value is -1.75. The summed E-state index contributed by atoms with van der Waals surface area (Å²) in [6, 6.07) is 3.04. The van der Waals surface area contributed by atoms with Crippen molar-refractivity contribution in [3.63, 3.8) is 0 Å². The molecule has 2 atom stereocenters. The van der Waals surface area contributed by atoms with E-state index in [4.69, 9.17) is 16.9 Å². The van der Waals surface area contributed by atoms with Crippen LogP contribution >= 0.6 is 11.6 Å². The third kappa shape index (κ3) is 2.92. The lowest BCUT2D eigenvalue weighted by atomic mass is 10.0. The van der Waals surface area contributed by atoms with Crippen LogP contribution in [0.5, 0.6) is 0 Å². The summed E-state index contributed by atoms with van der Waals surface area (Å²) in [6.07, 6.45) is -3.42. The van der Waals surface area contributed by atoms with Crippen LogP contribution in [-0.2, 0) is 0 Å². The van der Waals surface area contributed by atoms with Gasteiger partial charge in [0.15, 0.2) is 0 Å². The molecule has 0 radical (unpaired) electrons. The van der Waals surface area contributed by atoms with Crippen LogP contribution in [0.4, 0.5) is 10.1 Å². The topological polar surface area (TPSA) is 107 Å². The highest BCUT2D eigenvalue weighted by molar-refractivity contribution is 6.31. The standard InChI is InChI=1S/C10H8ClFN2O4/c11-6-4-8(14(17)18)7(12)3-5(6)10(16)9(15)1-2-13/h3-4,9-10,15-16H,1H2. The number of nitriles is 1. The molecular formula is C10H8ClFN2O4. The molecule has 8 heteroatoms. The highest BCUT2D eigenvalue weighted by Crippen LogP contribution is 2.31. The van der Waals surface area contributed by atoms with Crippen molar-refractivity contribution in [2.45, 2.75) is 18.6 Å². The Morgan fingerprint density at radius 3 is 2.67 bits per heavy atom. The molecule has 0 saturated heterocycles. The molecule has 1 aromatic carbocycles. The third-order valence-corrected chi connectivity index (χ3v) is 2.57. The number of nitro benzene ring substituents is 1. The minimum atomic E-state index is -1.59. The molecule has 0 fully saturated rings. The van der Waals surface area contributed by atoms with Gasteiger partial charge < -0.3 is 10.2 Å². The lowest BCUT2D eigenvalue weighted by Crippen LogP contribution is -2.18. The zero-order valence-corrected chi connectivity index (χ0v) is 9.63. The second-order valence-electron chi connectivity index (χ2n) is 3.46. The minimum Gasteiger partial charge on any atom is -0.389 e. The number of aliphatic hydroxyl groups excluding tert-OH is 2. The molecule has 0 aliphatic rings. The van der Waals surface area contributed by atoms with Crippen LogP contribution in [0, 0.1) is 27.3 Å². The lowest BCUT2D eigenvalue weighted by molar-refractivity contribution is -0.387. The molecule has 0 bridgehead atoms. The van der Waals surface area contributed by atoms with E-state index in [1.54, 1.807) is 6.07 Å². The Morgan fingerprint density at radius 2 is 2.17 bits per heavy atom. The number of nitrogens with zero attached hydrogens (tertiary/aromatic N) is 2. The number of benzene rings is 1. The molecule has 0 aliphatic carbocycles. The molecule has 0 aliphatic heterocycles. The van der Waals surface area contributed by atoms with Crippen molar-refractivity contribution in [2.75, 3.05) is 0 Å². The van der Waals surface area contributed by atoms with Crippen LogP contribution in [0.1, 0.15) is 18.1 Å².